The third-order valence-electron chi connectivity index (χ3n) is 8.94. The molecule has 0 saturated carbocycles. The first-order chi connectivity index (χ1) is 23.2. The lowest BCUT2D eigenvalue weighted by molar-refractivity contribution is -0.0396. The maximum absolute atomic E-state index is 14.6. The number of aliphatic hydroxyl groups excluding tert-OH is 2. The van der Waals surface area contributed by atoms with Crippen LogP contribution in [0.15, 0.2) is 109 Å². The van der Waals surface area contributed by atoms with E-state index in [1.807, 2.05) is 60.7 Å². The number of carbonyl (C=O) groups excluding carboxylic acids is 3. The Hall–Kier alpha value is -4.73. The van der Waals surface area contributed by atoms with Crippen molar-refractivity contribution in [1.82, 2.24) is 9.80 Å². The van der Waals surface area contributed by atoms with Crippen LogP contribution >= 0.6 is 0 Å². The molecule has 0 unspecified atom stereocenters. The quantitative estimate of drug-likeness (QED) is 0.156. The molecule has 7 nitrogen and oxygen atoms in total. The summed E-state index contributed by atoms with van der Waals surface area (Å²) in [4.78, 5) is 43.5. The van der Waals surface area contributed by atoms with Crippen LogP contribution in [0.25, 0.3) is 0 Å². The summed E-state index contributed by atoms with van der Waals surface area (Å²) < 4.78 is 26.8. The Bertz CT molecular complexity index is 1530. The Morgan fingerprint density at radius 3 is 1.27 bits per heavy atom. The minimum atomic E-state index is -1.32. The molecule has 1 aliphatic heterocycles. The van der Waals surface area contributed by atoms with Crippen molar-refractivity contribution in [3.05, 3.63) is 143 Å². The molecule has 48 heavy (non-hydrogen) atoms. The summed E-state index contributed by atoms with van der Waals surface area (Å²) in [5, 5.41) is 23.5. The Labute approximate surface area is 279 Å². The molecule has 2 amide bonds. The van der Waals surface area contributed by atoms with Crippen LogP contribution in [0.3, 0.4) is 0 Å². The predicted octanol–water partition coefficient (Wildman–Crippen LogP) is 6.27. The fraction of sp³-hybridized carbons (Fsp3) is 0.308. The average Bonchev–Trinajstić information content (AvgIpc) is 3.16. The first-order valence-corrected chi connectivity index (χ1v) is 16.3. The minimum Gasteiger partial charge on any atom is -0.388 e. The van der Waals surface area contributed by atoms with Gasteiger partial charge in [-0.05, 0) is 85.3 Å². The highest BCUT2D eigenvalue weighted by Crippen LogP contribution is 2.28. The SMILES string of the molecule is O=C(CCCN1C(=O)N(CCCC(=O)c2ccc(F)cc2)[C@H](Cc2ccccc2)[C@H](O)[C@@H](O)[C@H]1Cc1ccccc1)c1ccc(F)cc1. The van der Waals surface area contributed by atoms with Gasteiger partial charge < -0.3 is 20.0 Å². The summed E-state index contributed by atoms with van der Waals surface area (Å²) in [7, 11) is 0. The topological polar surface area (TPSA) is 98.2 Å². The van der Waals surface area contributed by atoms with Crippen molar-refractivity contribution in [2.75, 3.05) is 13.1 Å². The van der Waals surface area contributed by atoms with Gasteiger partial charge in [0.05, 0.1) is 12.1 Å². The smallest absolute Gasteiger partial charge is 0.320 e. The molecule has 250 valence electrons. The standard InChI is InChI=1S/C39H40F2N2O5/c40-31-19-15-29(16-20-31)35(44)13-7-23-42-33(25-27-9-3-1-4-10-27)37(46)38(47)34(26-28-11-5-2-6-12-28)43(39(42)48)24-8-14-36(45)30-17-21-32(41)22-18-30/h1-6,9-12,15-22,33-34,37-38,46-47H,7-8,13-14,23-26H2/t33-,34-,37+,38+/m1/s1. The average molecular weight is 655 g/mol. The van der Waals surface area contributed by atoms with E-state index < -0.39 is 42.0 Å². The van der Waals surface area contributed by atoms with E-state index in [1.165, 1.54) is 48.5 Å². The van der Waals surface area contributed by atoms with Crippen molar-refractivity contribution in [2.45, 2.75) is 62.8 Å². The van der Waals surface area contributed by atoms with Gasteiger partial charge in [0.1, 0.15) is 23.8 Å². The second kappa shape index (κ2) is 16.4. The van der Waals surface area contributed by atoms with E-state index in [2.05, 4.69) is 0 Å². The van der Waals surface area contributed by atoms with Crippen molar-refractivity contribution < 1.29 is 33.4 Å². The van der Waals surface area contributed by atoms with Crippen molar-refractivity contribution in [1.29, 1.82) is 0 Å². The Morgan fingerprint density at radius 2 is 0.917 bits per heavy atom. The molecule has 1 fully saturated rings. The molecule has 0 aromatic heterocycles. The van der Waals surface area contributed by atoms with Crippen LogP contribution in [0.5, 0.6) is 0 Å². The van der Waals surface area contributed by atoms with Crippen LogP contribution in [0.2, 0.25) is 0 Å². The summed E-state index contributed by atoms with van der Waals surface area (Å²) in [6, 6.07) is 27.4. The zero-order chi connectivity index (χ0) is 34.0. The van der Waals surface area contributed by atoms with Crippen LogP contribution in [0.4, 0.5) is 13.6 Å². The second-order valence-electron chi connectivity index (χ2n) is 12.2. The number of Topliss-reactive ketones (excluding diaryl/α,β-unsaturated/α-hetero) is 2. The number of hydrogen-bond donors (Lipinski definition) is 2. The summed E-state index contributed by atoms with van der Waals surface area (Å²) in [6.07, 6.45) is -1.37. The number of hydrogen-bond acceptors (Lipinski definition) is 5. The molecule has 4 aromatic carbocycles. The summed E-state index contributed by atoms with van der Waals surface area (Å²) >= 11 is 0. The van der Waals surface area contributed by atoms with Crippen molar-refractivity contribution >= 4 is 17.6 Å². The largest absolute Gasteiger partial charge is 0.388 e. The molecule has 0 spiro atoms. The van der Waals surface area contributed by atoms with Gasteiger partial charge in [-0.2, -0.15) is 0 Å². The molecule has 0 bridgehead atoms. The van der Waals surface area contributed by atoms with Crippen LogP contribution in [-0.2, 0) is 12.8 Å². The molecule has 4 atom stereocenters. The number of halogens is 2. The maximum atomic E-state index is 14.6. The van der Waals surface area contributed by atoms with Gasteiger partial charge in [-0.25, -0.2) is 13.6 Å². The van der Waals surface area contributed by atoms with Crippen molar-refractivity contribution in [2.24, 2.45) is 0 Å². The number of benzene rings is 4. The number of amides is 2. The lowest BCUT2D eigenvalue weighted by atomic mass is 9.91. The minimum absolute atomic E-state index is 0.0890. The van der Waals surface area contributed by atoms with E-state index >= 15 is 0 Å². The fourth-order valence-electron chi connectivity index (χ4n) is 6.35. The Kier molecular flexibility index (Phi) is 11.8. The third kappa shape index (κ3) is 8.79. The Morgan fingerprint density at radius 1 is 0.562 bits per heavy atom. The summed E-state index contributed by atoms with van der Waals surface area (Å²) in [5.41, 5.74) is 2.47. The molecule has 1 heterocycles. The van der Waals surface area contributed by atoms with E-state index in [-0.39, 0.29) is 63.2 Å². The lowest BCUT2D eigenvalue weighted by Gasteiger charge is -2.35. The molecule has 9 heteroatoms. The van der Waals surface area contributed by atoms with Gasteiger partial charge in [-0.15, -0.1) is 0 Å². The van der Waals surface area contributed by atoms with Gasteiger partial charge in [0.15, 0.2) is 11.6 Å². The molecule has 5 rings (SSSR count). The third-order valence-corrected chi connectivity index (χ3v) is 8.94. The summed E-state index contributed by atoms with van der Waals surface area (Å²) in [5.74, 6) is -1.28. The van der Waals surface area contributed by atoms with Crippen molar-refractivity contribution in [3.8, 4) is 0 Å². The zero-order valence-corrected chi connectivity index (χ0v) is 26.6. The molecule has 0 aliphatic carbocycles. The first kappa shape index (κ1) is 34.6. The van der Waals surface area contributed by atoms with Gasteiger partial charge in [0.25, 0.3) is 0 Å². The normalized spacial score (nSPS) is 19.6. The van der Waals surface area contributed by atoms with Gasteiger partial charge in [-0.3, -0.25) is 9.59 Å². The van der Waals surface area contributed by atoms with Crippen LogP contribution in [-0.4, -0.2) is 75.0 Å². The molecule has 0 radical (unpaired) electrons. The number of nitrogens with zero attached hydrogens (tertiary/aromatic N) is 2. The number of ketones is 2. The lowest BCUT2D eigenvalue weighted by Crippen LogP contribution is -2.51. The highest BCUT2D eigenvalue weighted by molar-refractivity contribution is 5.96. The van der Waals surface area contributed by atoms with Crippen LogP contribution < -0.4 is 0 Å². The van der Waals surface area contributed by atoms with Crippen LogP contribution in [0, 0.1) is 11.6 Å². The predicted molar refractivity (Wildman–Crippen MR) is 179 cm³/mol. The van der Waals surface area contributed by atoms with Crippen molar-refractivity contribution in [3.63, 3.8) is 0 Å². The van der Waals surface area contributed by atoms with E-state index in [0.717, 1.165) is 11.1 Å². The van der Waals surface area contributed by atoms with Gasteiger partial charge >= 0.3 is 6.03 Å². The molecular formula is C39H40F2N2O5. The van der Waals surface area contributed by atoms with Gasteiger partial charge in [-0.1, -0.05) is 60.7 Å². The van der Waals surface area contributed by atoms with Gasteiger partial charge in [0.2, 0.25) is 0 Å². The number of rotatable bonds is 14. The first-order valence-electron chi connectivity index (χ1n) is 16.3. The van der Waals surface area contributed by atoms with E-state index in [1.54, 1.807) is 9.80 Å². The number of aliphatic hydroxyl groups is 2. The van der Waals surface area contributed by atoms with E-state index in [0.29, 0.717) is 11.1 Å². The highest BCUT2D eigenvalue weighted by atomic mass is 19.1. The fourth-order valence-corrected chi connectivity index (χ4v) is 6.35. The molecule has 2 N–H and O–H groups in total. The molecule has 4 aromatic rings. The summed E-state index contributed by atoms with van der Waals surface area (Å²) in [6.45, 7) is 0.242. The maximum Gasteiger partial charge on any atom is 0.320 e. The molecule has 1 saturated heterocycles. The number of urea groups is 1. The van der Waals surface area contributed by atoms with Gasteiger partial charge in [0, 0.05) is 37.1 Å². The zero-order valence-electron chi connectivity index (χ0n) is 26.6. The molecular weight excluding hydrogens is 614 g/mol. The van der Waals surface area contributed by atoms with E-state index in [9.17, 15) is 33.4 Å². The number of carbonyl (C=O) groups is 3. The Balaban J connectivity index is 1.41. The second-order valence-corrected chi connectivity index (χ2v) is 12.2. The highest BCUT2D eigenvalue weighted by Gasteiger charge is 2.46. The molecule has 1 aliphatic rings. The van der Waals surface area contributed by atoms with Crippen LogP contribution in [0.1, 0.15) is 57.5 Å². The van der Waals surface area contributed by atoms with E-state index in [4.69, 9.17) is 0 Å². The monoisotopic (exact) mass is 654 g/mol.